The lowest BCUT2D eigenvalue weighted by Gasteiger charge is -2.12. The van der Waals surface area contributed by atoms with E-state index in [1.807, 2.05) is 19.1 Å². The Morgan fingerprint density at radius 3 is 2.39 bits per heavy atom. The minimum Gasteiger partial charge on any atom is -0.496 e. The standard InChI is InChI=1S/C23H23FN2O4S/c1-3-16-8-4-6-10-21(16)26-23(27)19-14-18(12-13-20(19)24)31(28,29)25-15-17-9-5-7-11-22(17)30-2/h4-14,25H,3,15H2,1-2H3,(H,26,27). The highest BCUT2D eigenvalue weighted by Gasteiger charge is 2.20. The minimum absolute atomic E-state index is 0.0187. The Hall–Kier alpha value is -3.23. The summed E-state index contributed by atoms with van der Waals surface area (Å²) in [6, 6.07) is 17.3. The fraction of sp³-hybridized carbons (Fsp3) is 0.174. The topological polar surface area (TPSA) is 84.5 Å². The maximum absolute atomic E-state index is 14.4. The molecule has 0 radical (unpaired) electrons. The van der Waals surface area contributed by atoms with Crippen LogP contribution in [0.25, 0.3) is 0 Å². The third-order valence-corrected chi connectivity index (χ3v) is 6.18. The van der Waals surface area contributed by atoms with E-state index in [-0.39, 0.29) is 17.0 Å². The number of halogens is 1. The first kappa shape index (κ1) is 22.5. The molecule has 6 nitrogen and oxygen atoms in total. The van der Waals surface area contributed by atoms with Crippen molar-refractivity contribution >= 4 is 21.6 Å². The number of methoxy groups -OCH3 is 1. The van der Waals surface area contributed by atoms with Crippen LogP contribution < -0.4 is 14.8 Å². The Morgan fingerprint density at radius 1 is 1.00 bits per heavy atom. The van der Waals surface area contributed by atoms with Gasteiger partial charge in [0, 0.05) is 17.8 Å². The van der Waals surface area contributed by atoms with Crippen LogP contribution >= 0.6 is 0 Å². The molecular weight excluding hydrogens is 419 g/mol. The summed E-state index contributed by atoms with van der Waals surface area (Å²) in [7, 11) is -2.50. The lowest BCUT2D eigenvalue weighted by Crippen LogP contribution is -2.24. The maximum atomic E-state index is 14.4. The van der Waals surface area contributed by atoms with Crippen LogP contribution in [-0.4, -0.2) is 21.4 Å². The van der Waals surface area contributed by atoms with E-state index in [0.29, 0.717) is 23.4 Å². The Balaban J connectivity index is 1.83. The number of carbonyl (C=O) groups excluding carboxylic acids is 1. The van der Waals surface area contributed by atoms with Crippen LogP contribution in [0.1, 0.15) is 28.4 Å². The molecule has 0 saturated carbocycles. The fourth-order valence-electron chi connectivity index (χ4n) is 3.09. The minimum atomic E-state index is -3.99. The molecule has 3 aromatic rings. The number of hydrogen-bond donors (Lipinski definition) is 2. The van der Waals surface area contributed by atoms with E-state index in [1.165, 1.54) is 7.11 Å². The van der Waals surface area contributed by atoms with E-state index in [2.05, 4.69) is 10.0 Å². The highest BCUT2D eigenvalue weighted by atomic mass is 32.2. The number of anilines is 1. The summed E-state index contributed by atoms with van der Waals surface area (Å²) in [5.41, 5.74) is 1.73. The molecule has 3 rings (SSSR count). The van der Waals surface area contributed by atoms with Gasteiger partial charge in [-0.2, -0.15) is 0 Å². The van der Waals surface area contributed by atoms with Gasteiger partial charge in [-0.15, -0.1) is 0 Å². The Labute approximate surface area is 181 Å². The average Bonchev–Trinajstić information content (AvgIpc) is 2.78. The second-order valence-corrected chi connectivity index (χ2v) is 8.51. The molecule has 0 bridgehead atoms. The number of aryl methyl sites for hydroxylation is 1. The number of hydrogen-bond acceptors (Lipinski definition) is 4. The van der Waals surface area contributed by atoms with Gasteiger partial charge in [-0.25, -0.2) is 17.5 Å². The largest absolute Gasteiger partial charge is 0.496 e. The molecule has 2 N–H and O–H groups in total. The van der Waals surface area contributed by atoms with E-state index in [0.717, 1.165) is 23.8 Å². The highest BCUT2D eigenvalue weighted by Crippen LogP contribution is 2.21. The molecule has 0 atom stereocenters. The number of ether oxygens (including phenoxy) is 1. The number of nitrogens with one attached hydrogen (secondary N) is 2. The summed E-state index contributed by atoms with van der Waals surface area (Å²) >= 11 is 0. The summed E-state index contributed by atoms with van der Waals surface area (Å²) in [5, 5.41) is 2.66. The van der Waals surface area contributed by atoms with Crippen molar-refractivity contribution in [3.8, 4) is 5.75 Å². The van der Waals surface area contributed by atoms with Crippen molar-refractivity contribution < 1.29 is 22.3 Å². The van der Waals surface area contributed by atoms with E-state index in [1.54, 1.807) is 36.4 Å². The second kappa shape index (κ2) is 9.72. The molecule has 0 aromatic heterocycles. The zero-order valence-electron chi connectivity index (χ0n) is 17.2. The van der Waals surface area contributed by atoms with Crippen LogP contribution in [0.4, 0.5) is 10.1 Å². The molecule has 0 saturated heterocycles. The molecule has 1 amide bonds. The summed E-state index contributed by atoms with van der Waals surface area (Å²) in [6.07, 6.45) is 0.681. The Bertz CT molecular complexity index is 1200. The van der Waals surface area contributed by atoms with Crippen molar-refractivity contribution in [2.24, 2.45) is 0 Å². The first-order valence-electron chi connectivity index (χ1n) is 9.66. The number of para-hydroxylation sites is 2. The first-order valence-corrected chi connectivity index (χ1v) is 11.1. The van der Waals surface area contributed by atoms with Gasteiger partial charge in [0.15, 0.2) is 0 Å². The van der Waals surface area contributed by atoms with E-state index < -0.39 is 21.7 Å². The summed E-state index contributed by atoms with van der Waals surface area (Å²) in [6.45, 7) is 1.92. The van der Waals surface area contributed by atoms with E-state index in [9.17, 15) is 17.6 Å². The van der Waals surface area contributed by atoms with Gasteiger partial charge in [-0.1, -0.05) is 43.3 Å². The summed E-state index contributed by atoms with van der Waals surface area (Å²) in [5.74, 6) is -0.991. The van der Waals surface area contributed by atoms with Crippen molar-refractivity contribution in [1.82, 2.24) is 4.72 Å². The number of sulfonamides is 1. The van der Waals surface area contributed by atoms with Gasteiger partial charge in [0.25, 0.3) is 5.91 Å². The van der Waals surface area contributed by atoms with E-state index in [4.69, 9.17) is 4.74 Å². The number of benzene rings is 3. The predicted molar refractivity (Wildman–Crippen MR) is 117 cm³/mol. The number of rotatable bonds is 8. The molecule has 0 spiro atoms. The molecule has 31 heavy (non-hydrogen) atoms. The summed E-state index contributed by atoms with van der Waals surface area (Å²) in [4.78, 5) is 12.5. The number of amides is 1. The van der Waals surface area contributed by atoms with Crippen LogP contribution in [0.3, 0.4) is 0 Å². The van der Waals surface area contributed by atoms with Crippen LogP contribution in [0.5, 0.6) is 5.75 Å². The van der Waals surface area contributed by atoms with Gasteiger partial charge in [-0.05, 0) is 42.3 Å². The lowest BCUT2D eigenvalue weighted by molar-refractivity contribution is 0.102. The highest BCUT2D eigenvalue weighted by molar-refractivity contribution is 7.89. The monoisotopic (exact) mass is 442 g/mol. The normalized spacial score (nSPS) is 11.2. The quantitative estimate of drug-likeness (QED) is 0.549. The van der Waals surface area contributed by atoms with Gasteiger partial charge >= 0.3 is 0 Å². The molecule has 0 heterocycles. The second-order valence-electron chi connectivity index (χ2n) is 6.74. The molecule has 162 valence electrons. The Morgan fingerprint density at radius 2 is 1.68 bits per heavy atom. The fourth-order valence-corrected chi connectivity index (χ4v) is 4.12. The van der Waals surface area contributed by atoms with Crippen molar-refractivity contribution in [3.05, 3.63) is 89.2 Å². The van der Waals surface area contributed by atoms with Crippen LogP contribution in [0.15, 0.2) is 71.6 Å². The van der Waals surface area contributed by atoms with Gasteiger partial charge in [0.1, 0.15) is 11.6 Å². The van der Waals surface area contributed by atoms with Crippen LogP contribution in [-0.2, 0) is 23.0 Å². The lowest BCUT2D eigenvalue weighted by atomic mass is 10.1. The summed E-state index contributed by atoms with van der Waals surface area (Å²) < 4.78 is 47.5. The molecule has 3 aromatic carbocycles. The molecule has 0 fully saturated rings. The van der Waals surface area contributed by atoms with Gasteiger partial charge in [-0.3, -0.25) is 4.79 Å². The van der Waals surface area contributed by atoms with E-state index >= 15 is 0 Å². The van der Waals surface area contributed by atoms with Crippen LogP contribution in [0, 0.1) is 5.82 Å². The molecule has 0 unspecified atom stereocenters. The van der Waals surface area contributed by atoms with Crippen molar-refractivity contribution in [1.29, 1.82) is 0 Å². The van der Waals surface area contributed by atoms with Crippen LogP contribution in [0.2, 0.25) is 0 Å². The maximum Gasteiger partial charge on any atom is 0.258 e. The zero-order chi connectivity index (χ0) is 22.4. The van der Waals surface area contributed by atoms with Gasteiger partial charge in [0.2, 0.25) is 10.0 Å². The molecular formula is C23H23FN2O4S. The third-order valence-electron chi connectivity index (χ3n) is 4.78. The van der Waals surface area contributed by atoms with Gasteiger partial charge < -0.3 is 10.1 Å². The van der Waals surface area contributed by atoms with Gasteiger partial charge in [0.05, 0.1) is 17.6 Å². The smallest absolute Gasteiger partial charge is 0.258 e. The average molecular weight is 443 g/mol. The van der Waals surface area contributed by atoms with Crippen molar-refractivity contribution in [2.45, 2.75) is 24.8 Å². The molecule has 0 aliphatic heterocycles. The first-order chi connectivity index (χ1) is 14.9. The molecule has 0 aliphatic rings. The zero-order valence-corrected chi connectivity index (χ0v) is 18.0. The molecule has 8 heteroatoms. The van der Waals surface area contributed by atoms with Crippen molar-refractivity contribution in [2.75, 3.05) is 12.4 Å². The van der Waals surface area contributed by atoms with Crippen molar-refractivity contribution in [3.63, 3.8) is 0 Å². The molecule has 0 aliphatic carbocycles. The number of carbonyl (C=O) groups is 1. The predicted octanol–water partition coefficient (Wildman–Crippen LogP) is 4.13. The third kappa shape index (κ3) is 5.28. The Kier molecular flexibility index (Phi) is 7.04. The SMILES string of the molecule is CCc1ccccc1NC(=O)c1cc(S(=O)(=O)NCc2ccccc2OC)ccc1F.